The van der Waals surface area contributed by atoms with E-state index in [1.54, 1.807) is 0 Å². The van der Waals surface area contributed by atoms with E-state index in [2.05, 4.69) is 0 Å². The first-order valence-electron chi connectivity index (χ1n) is 29.7. The average molecular weight is 1310 g/mol. The summed E-state index contributed by atoms with van der Waals surface area (Å²) in [5, 5.41) is 27.9. The molecule has 12 fully saturated rings. The molecule has 0 aromatic carbocycles. The van der Waals surface area contributed by atoms with E-state index in [1.807, 2.05) is 13.8 Å². The Bertz CT molecular complexity index is 2700. The zero-order chi connectivity index (χ0) is 65.3. The number of carbonyl (C=O) groups is 10. The summed E-state index contributed by atoms with van der Waals surface area (Å²) in [6, 6.07) is 0. The van der Waals surface area contributed by atoms with Gasteiger partial charge in [-0.15, -0.1) is 0 Å². The largest absolute Gasteiger partial charge is 0.478 e. The smallest absolute Gasteiger partial charge is 0.331 e. The van der Waals surface area contributed by atoms with E-state index in [0.717, 1.165) is 54.7 Å². The lowest BCUT2D eigenvalue weighted by Gasteiger charge is -2.16. The molecule has 504 valence electrons. The molecule has 0 bridgehead atoms. The third-order valence-electron chi connectivity index (χ3n) is 16.4. The summed E-state index contributed by atoms with van der Waals surface area (Å²) in [4.78, 5) is 117. The molecule has 0 aliphatic carbocycles. The van der Waals surface area contributed by atoms with Crippen LogP contribution in [0, 0.1) is 11.8 Å². The van der Waals surface area contributed by atoms with E-state index in [-0.39, 0.29) is 108 Å². The van der Waals surface area contributed by atoms with Gasteiger partial charge in [-0.25, -0.2) is 43.2 Å². The topological polar surface area (TPSA) is 416 Å². The molecule has 12 rings (SSSR count). The van der Waals surface area contributed by atoms with Crippen LogP contribution in [0.3, 0.4) is 0 Å². The number of carbonyl (C=O) groups excluding carboxylic acids is 9. The van der Waals surface area contributed by atoms with Gasteiger partial charge in [0.25, 0.3) is 0 Å². The van der Waals surface area contributed by atoms with E-state index in [4.69, 9.17) is 99.8 Å². The van der Waals surface area contributed by atoms with Gasteiger partial charge in [0.2, 0.25) is 0 Å². The van der Waals surface area contributed by atoms with Crippen molar-refractivity contribution in [2.24, 2.45) is 11.8 Å². The highest BCUT2D eigenvalue weighted by molar-refractivity contribution is 5.95. The molecule has 33 nitrogen and oxygen atoms in total. The number of ketones is 1. The fraction of sp³-hybridized carbons (Fsp3) is 0.661. The highest BCUT2D eigenvalue weighted by Gasteiger charge is 2.55. The lowest BCUT2D eigenvalue weighted by atomic mass is 10.0. The molecule has 0 amide bonds. The standard InChI is InChI=1S/2C21H24O12.C17H22O9/c1-10-6-27-19-11(7-28-18(10)19)31-16(25)4-5-17(26)33-13-9-30-20-12(8-29-21(13)20)32-15(24)3-2-14(22)23;1-10(22)2-3-15(24)32-13-8-29-21-14(9-30-20(13)21)33-17(26)5-4-16(25)31-12-7-28-18-11(23)6-27-19(12)18;1-8-4-21-16-10(6-23-14(8)16)25-12(19)2-3-13(20)26-11-7-24-15-9(18)5-22-17(11)15/h2-5,10-13,18-21H,6-9H2,1H3,(H,22,23);2-5,11-14,18-21,23H,6-9H2,1H3;2-3,8-11,14-18H,4-7H2,1H3/b2*3-2+,5-4+;3-2+/t10-,11-,12-,13-,18+,19+,20+,21+;11-,12-,13-,14-,18+,19+,20+,21+;8-,9-,10-,11-,14+,15+,16+,17+/m000/s1. The van der Waals surface area contributed by atoms with E-state index in [0.29, 0.717) is 19.3 Å². The Morgan fingerprint density at radius 1 is 0.272 bits per heavy atom. The van der Waals surface area contributed by atoms with Crippen molar-refractivity contribution >= 4 is 59.5 Å². The molecule has 0 spiro atoms. The molecular weight excluding hydrogens is 1240 g/mol. The summed E-state index contributed by atoms with van der Waals surface area (Å²) < 4.78 is 108. The van der Waals surface area contributed by atoms with Crippen molar-refractivity contribution in [3.05, 3.63) is 60.8 Å². The Kier molecular flexibility index (Phi) is 22.8. The van der Waals surface area contributed by atoms with Gasteiger partial charge in [0.1, 0.15) is 73.2 Å². The second kappa shape index (κ2) is 30.9. The quantitative estimate of drug-likeness (QED) is 0.0680. The lowest BCUT2D eigenvalue weighted by molar-refractivity contribution is -0.151. The Labute approximate surface area is 523 Å². The molecule has 0 unspecified atom stereocenters. The van der Waals surface area contributed by atoms with E-state index < -0.39 is 164 Å². The summed E-state index contributed by atoms with van der Waals surface area (Å²) in [6.07, 6.45) is -2.78. The number of fused-ring (bicyclic) bond motifs is 6. The van der Waals surface area contributed by atoms with Gasteiger partial charge in [-0.1, -0.05) is 13.8 Å². The zero-order valence-corrected chi connectivity index (χ0v) is 49.7. The molecule has 12 heterocycles. The second-order valence-corrected chi connectivity index (χ2v) is 23.1. The van der Waals surface area contributed by atoms with Crippen LogP contribution >= 0.6 is 0 Å². The van der Waals surface area contributed by atoms with E-state index >= 15 is 0 Å². The predicted molar refractivity (Wildman–Crippen MR) is 290 cm³/mol. The van der Waals surface area contributed by atoms with Gasteiger partial charge < -0.3 is 110 Å². The molecule has 24 atom stereocenters. The van der Waals surface area contributed by atoms with Crippen LogP contribution in [0.5, 0.6) is 0 Å². The zero-order valence-electron chi connectivity index (χ0n) is 49.7. The van der Waals surface area contributed by atoms with Gasteiger partial charge in [-0.3, -0.25) is 4.79 Å². The number of aliphatic hydroxyl groups is 2. The van der Waals surface area contributed by atoms with Crippen LogP contribution < -0.4 is 0 Å². The van der Waals surface area contributed by atoms with Crippen LogP contribution in [0.1, 0.15) is 20.8 Å². The monoisotopic (exact) mass is 1310 g/mol. The molecule has 92 heavy (non-hydrogen) atoms. The van der Waals surface area contributed by atoms with E-state index in [9.17, 15) is 58.2 Å². The van der Waals surface area contributed by atoms with Crippen LogP contribution in [0.25, 0.3) is 0 Å². The minimum absolute atomic E-state index is 0.00447. The van der Waals surface area contributed by atoms with Crippen molar-refractivity contribution in [3.63, 3.8) is 0 Å². The SMILES string of the molecule is CC(=O)/C=C/C(=O)O[C@H]1CO[C@H]2[C@@H]1OC[C@@H]2OC(=O)/C=C/C(=O)O[C@H]1CO[C@H]2[C@@H]1OC[C@@H]2O.C[C@H]1CO[C@H]2[C@@H]1OC[C@@H]2OC(=O)/C=C/C(=O)O[C@H]1CO[C@H]2[C@@H]1OC[C@@H]2O.C[C@H]1CO[C@H]2[C@@H]1OC[C@@H]2OC(=O)/C=C/C(=O)O[C@H]1CO[C@H]2[C@@H]1OC[C@@H]2OC(=O)/C=C/C(=O)O. The summed E-state index contributed by atoms with van der Waals surface area (Å²) in [5.41, 5.74) is 0. The summed E-state index contributed by atoms with van der Waals surface area (Å²) >= 11 is 0. The Hall–Kier alpha value is -6.96. The predicted octanol–water partition coefficient (Wildman–Crippen LogP) is -3.51. The number of allylic oxidation sites excluding steroid dienone is 1. The number of ether oxygens (including phenoxy) is 20. The summed E-state index contributed by atoms with van der Waals surface area (Å²) in [6.45, 7) is 7.55. The normalized spacial score (nSPS) is 39.2. The summed E-state index contributed by atoms with van der Waals surface area (Å²) in [5.74, 6) is -7.10. The molecule has 12 aliphatic rings. The highest BCUT2D eigenvalue weighted by Crippen LogP contribution is 2.36. The number of esters is 8. The number of hydrogen-bond acceptors (Lipinski definition) is 32. The number of hydrogen-bond donors (Lipinski definition) is 3. The Morgan fingerprint density at radius 3 is 0.707 bits per heavy atom. The molecule has 0 radical (unpaired) electrons. The minimum atomic E-state index is -1.28. The number of carboxylic acids is 1. The molecule has 33 heteroatoms. The van der Waals surface area contributed by atoms with Crippen LogP contribution in [0.2, 0.25) is 0 Å². The lowest BCUT2D eigenvalue weighted by Crippen LogP contribution is -2.35. The number of carboxylic acid groups (broad SMARTS) is 1. The number of aliphatic carboxylic acids is 1. The fourth-order valence-corrected chi connectivity index (χ4v) is 12.1. The van der Waals surface area contributed by atoms with Crippen LogP contribution in [0.4, 0.5) is 0 Å². The maximum atomic E-state index is 12.1. The van der Waals surface area contributed by atoms with Gasteiger partial charge in [-0.2, -0.15) is 0 Å². The first-order valence-corrected chi connectivity index (χ1v) is 29.7. The molecule has 0 aromatic heterocycles. The second-order valence-electron chi connectivity index (χ2n) is 23.1. The maximum absolute atomic E-state index is 12.1. The third kappa shape index (κ3) is 16.9. The highest BCUT2D eigenvalue weighted by atomic mass is 16.7. The molecule has 12 aliphatic heterocycles. The third-order valence-corrected chi connectivity index (χ3v) is 16.4. The van der Waals surface area contributed by atoms with Gasteiger partial charge in [0.15, 0.2) is 54.6 Å². The van der Waals surface area contributed by atoms with E-state index in [1.165, 1.54) is 6.92 Å². The van der Waals surface area contributed by atoms with Crippen molar-refractivity contribution < 1.29 is 158 Å². The first-order chi connectivity index (χ1) is 44.2. The Morgan fingerprint density at radius 2 is 0.457 bits per heavy atom. The van der Waals surface area contributed by atoms with Crippen molar-refractivity contribution in [2.45, 2.75) is 155 Å². The van der Waals surface area contributed by atoms with Crippen molar-refractivity contribution in [1.29, 1.82) is 0 Å². The van der Waals surface area contributed by atoms with Gasteiger partial charge in [-0.05, 0) is 13.0 Å². The van der Waals surface area contributed by atoms with Crippen LogP contribution in [-0.2, 0) is 143 Å². The van der Waals surface area contributed by atoms with Gasteiger partial charge in [0.05, 0.1) is 91.5 Å². The fourth-order valence-electron chi connectivity index (χ4n) is 12.1. The van der Waals surface area contributed by atoms with Crippen molar-refractivity contribution in [2.75, 3.05) is 79.3 Å². The Balaban J connectivity index is 0.000000152. The maximum Gasteiger partial charge on any atom is 0.331 e. The molecular formula is C59H70O33. The van der Waals surface area contributed by atoms with Crippen LogP contribution in [0.15, 0.2) is 60.8 Å². The van der Waals surface area contributed by atoms with Crippen LogP contribution in [-0.4, -0.2) is 288 Å². The van der Waals surface area contributed by atoms with Gasteiger partial charge in [0, 0.05) is 66.5 Å². The minimum Gasteiger partial charge on any atom is -0.478 e. The first kappa shape index (κ1) is 67.9. The van der Waals surface area contributed by atoms with Crippen molar-refractivity contribution in [3.8, 4) is 0 Å². The summed E-state index contributed by atoms with van der Waals surface area (Å²) in [7, 11) is 0. The average Bonchev–Trinajstić information content (AvgIpc) is 1.88. The van der Waals surface area contributed by atoms with Gasteiger partial charge >= 0.3 is 53.7 Å². The number of aliphatic hydroxyl groups excluding tert-OH is 2. The number of rotatable bonds is 18. The molecule has 0 saturated carbocycles. The molecule has 12 saturated heterocycles. The van der Waals surface area contributed by atoms with Crippen molar-refractivity contribution in [1.82, 2.24) is 0 Å². The molecule has 0 aromatic rings. The molecule has 3 N–H and O–H groups in total.